The molecule has 0 aromatic heterocycles. The van der Waals surface area contributed by atoms with Crippen molar-refractivity contribution in [1.29, 1.82) is 0 Å². The molecule has 1 heterocycles. The number of amides is 2. The molecule has 0 bridgehead atoms. The van der Waals surface area contributed by atoms with Gasteiger partial charge in [-0.1, -0.05) is 18.2 Å². The molecule has 0 spiro atoms. The summed E-state index contributed by atoms with van der Waals surface area (Å²) in [4.78, 5) is 34.8. The standard InChI is InChI=1S/C13H11NO5S/c1-19-9-5-3-2-4-8(9)6-10-12(17)14(7-11(15)16)13(18)20-10/h2-6H,7H2,1H3,(H,15,16)/p-1/b10-6-. The Morgan fingerprint density at radius 1 is 1.40 bits per heavy atom. The number of carbonyl (C=O) groups is 3. The van der Waals surface area contributed by atoms with Crippen LogP contribution in [-0.4, -0.2) is 35.7 Å². The number of methoxy groups -OCH3 is 1. The molecule has 1 saturated heterocycles. The number of hydrogen-bond acceptors (Lipinski definition) is 6. The summed E-state index contributed by atoms with van der Waals surface area (Å²) < 4.78 is 5.14. The molecule has 2 amide bonds. The van der Waals surface area contributed by atoms with Crippen molar-refractivity contribution in [3.8, 4) is 5.75 Å². The molecule has 0 aliphatic carbocycles. The van der Waals surface area contributed by atoms with Gasteiger partial charge in [-0.2, -0.15) is 0 Å². The van der Waals surface area contributed by atoms with Gasteiger partial charge in [0.15, 0.2) is 0 Å². The molecule has 2 rings (SSSR count). The van der Waals surface area contributed by atoms with Crippen LogP contribution < -0.4 is 9.84 Å². The van der Waals surface area contributed by atoms with Gasteiger partial charge in [-0.3, -0.25) is 14.5 Å². The quantitative estimate of drug-likeness (QED) is 0.750. The Morgan fingerprint density at radius 3 is 2.75 bits per heavy atom. The molecule has 0 atom stereocenters. The number of ether oxygens (including phenoxy) is 1. The highest BCUT2D eigenvalue weighted by atomic mass is 32.2. The van der Waals surface area contributed by atoms with Gasteiger partial charge in [-0.05, 0) is 23.9 Å². The molecule has 6 nitrogen and oxygen atoms in total. The van der Waals surface area contributed by atoms with E-state index in [1.54, 1.807) is 24.3 Å². The number of carbonyl (C=O) groups excluding carboxylic acids is 3. The van der Waals surface area contributed by atoms with E-state index in [1.807, 2.05) is 0 Å². The SMILES string of the molecule is COc1ccccc1/C=C1\SC(=O)N(CC(=O)[O-])C1=O. The third-order valence-corrected chi connectivity index (χ3v) is 3.49. The van der Waals surface area contributed by atoms with E-state index in [2.05, 4.69) is 0 Å². The maximum atomic E-state index is 11.9. The fourth-order valence-corrected chi connectivity index (χ4v) is 2.52. The van der Waals surface area contributed by atoms with E-state index in [1.165, 1.54) is 13.2 Å². The molecule has 20 heavy (non-hydrogen) atoms. The summed E-state index contributed by atoms with van der Waals surface area (Å²) >= 11 is 0.690. The summed E-state index contributed by atoms with van der Waals surface area (Å²) in [6.45, 7) is -0.742. The van der Waals surface area contributed by atoms with Gasteiger partial charge < -0.3 is 14.6 Å². The number of imide groups is 1. The molecule has 1 fully saturated rings. The number of benzene rings is 1. The first-order chi connectivity index (χ1) is 9.52. The lowest BCUT2D eigenvalue weighted by molar-refractivity contribution is -0.305. The van der Waals surface area contributed by atoms with Crippen molar-refractivity contribution >= 4 is 35.0 Å². The Kier molecular flexibility index (Phi) is 4.09. The van der Waals surface area contributed by atoms with Crippen LogP contribution in [0.1, 0.15) is 5.56 Å². The minimum atomic E-state index is -1.48. The Labute approximate surface area is 119 Å². The fraction of sp³-hybridized carbons (Fsp3) is 0.154. The first-order valence-corrected chi connectivity index (χ1v) is 6.43. The van der Waals surface area contributed by atoms with Crippen molar-refractivity contribution in [2.75, 3.05) is 13.7 Å². The van der Waals surface area contributed by atoms with Crippen LogP contribution in [0.4, 0.5) is 4.79 Å². The van der Waals surface area contributed by atoms with Gasteiger partial charge in [0.1, 0.15) is 5.75 Å². The topological polar surface area (TPSA) is 86.7 Å². The van der Waals surface area contributed by atoms with Gasteiger partial charge in [0.25, 0.3) is 11.1 Å². The van der Waals surface area contributed by atoms with Crippen LogP contribution in [-0.2, 0) is 9.59 Å². The molecule has 1 aliphatic heterocycles. The Bertz CT molecular complexity index is 611. The van der Waals surface area contributed by atoms with Crippen LogP contribution in [0.2, 0.25) is 0 Å². The summed E-state index contributed by atoms with van der Waals surface area (Å²) in [5, 5.41) is 9.88. The molecule has 0 radical (unpaired) electrons. The normalized spacial score (nSPS) is 16.9. The summed E-state index contributed by atoms with van der Waals surface area (Å²) in [5.74, 6) is -1.57. The van der Waals surface area contributed by atoms with Gasteiger partial charge in [0, 0.05) is 5.56 Å². The first kappa shape index (κ1) is 14.1. The average molecular weight is 292 g/mol. The zero-order chi connectivity index (χ0) is 14.7. The molecular formula is C13H10NO5S-. The van der Waals surface area contributed by atoms with E-state index >= 15 is 0 Å². The van der Waals surface area contributed by atoms with Crippen molar-refractivity contribution in [1.82, 2.24) is 4.90 Å². The molecule has 0 saturated carbocycles. The second kappa shape index (κ2) is 5.79. The monoisotopic (exact) mass is 292 g/mol. The van der Waals surface area contributed by atoms with Crippen LogP contribution in [0, 0.1) is 0 Å². The number of nitrogens with zero attached hydrogens (tertiary/aromatic N) is 1. The largest absolute Gasteiger partial charge is 0.548 e. The highest BCUT2D eigenvalue weighted by Gasteiger charge is 2.35. The van der Waals surface area contributed by atoms with Gasteiger partial charge in [-0.25, -0.2) is 0 Å². The van der Waals surface area contributed by atoms with Crippen LogP contribution in [0.15, 0.2) is 29.2 Å². The minimum absolute atomic E-state index is 0.153. The lowest BCUT2D eigenvalue weighted by atomic mass is 10.2. The molecule has 1 aliphatic rings. The van der Waals surface area contributed by atoms with Gasteiger partial charge in [-0.15, -0.1) is 0 Å². The van der Waals surface area contributed by atoms with E-state index in [0.717, 1.165) is 0 Å². The second-order valence-electron chi connectivity index (χ2n) is 3.88. The summed E-state index contributed by atoms with van der Waals surface area (Å²) in [7, 11) is 1.49. The maximum absolute atomic E-state index is 11.9. The predicted octanol–water partition coefficient (Wildman–Crippen LogP) is 0.481. The lowest BCUT2D eigenvalue weighted by Gasteiger charge is -2.12. The zero-order valence-corrected chi connectivity index (χ0v) is 11.3. The lowest BCUT2D eigenvalue weighted by Crippen LogP contribution is -2.40. The molecule has 7 heteroatoms. The predicted molar refractivity (Wildman–Crippen MR) is 70.7 cm³/mol. The van der Waals surface area contributed by atoms with Gasteiger partial charge >= 0.3 is 0 Å². The molecule has 1 aromatic carbocycles. The molecule has 0 N–H and O–H groups in total. The first-order valence-electron chi connectivity index (χ1n) is 5.61. The number of thioether (sulfide) groups is 1. The van der Waals surface area contributed by atoms with Crippen molar-refractivity contribution in [2.45, 2.75) is 0 Å². The van der Waals surface area contributed by atoms with E-state index in [0.29, 0.717) is 28.0 Å². The molecular weight excluding hydrogens is 282 g/mol. The van der Waals surface area contributed by atoms with E-state index in [9.17, 15) is 19.5 Å². The highest BCUT2D eigenvalue weighted by Crippen LogP contribution is 2.33. The van der Waals surface area contributed by atoms with Gasteiger partial charge in [0.2, 0.25) is 0 Å². The minimum Gasteiger partial charge on any atom is -0.548 e. The smallest absolute Gasteiger partial charge is 0.293 e. The zero-order valence-electron chi connectivity index (χ0n) is 10.5. The van der Waals surface area contributed by atoms with Crippen molar-refractivity contribution in [3.63, 3.8) is 0 Å². The fourth-order valence-electron chi connectivity index (χ4n) is 1.69. The van der Waals surface area contributed by atoms with Gasteiger partial charge in [0.05, 0.1) is 24.5 Å². The Balaban J connectivity index is 2.30. The second-order valence-corrected chi connectivity index (χ2v) is 4.88. The average Bonchev–Trinajstić information content (AvgIpc) is 2.67. The van der Waals surface area contributed by atoms with Crippen molar-refractivity contribution in [2.24, 2.45) is 0 Å². The molecule has 1 aromatic rings. The highest BCUT2D eigenvalue weighted by molar-refractivity contribution is 8.18. The molecule has 104 valence electrons. The van der Waals surface area contributed by atoms with Crippen LogP contribution >= 0.6 is 11.8 Å². The Hall–Kier alpha value is -2.28. The van der Waals surface area contributed by atoms with Crippen molar-refractivity contribution < 1.29 is 24.2 Å². The van der Waals surface area contributed by atoms with Crippen LogP contribution in [0.5, 0.6) is 5.75 Å². The van der Waals surface area contributed by atoms with E-state index in [4.69, 9.17) is 4.74 Å². The number of aliphatic carboxylic acids is 1. The van der Waals surface area contributed by atoms with Crippen molar-refractivity contribution in [3.05, 3.63) is 34.7 Å². The summed E-state index contributed by atoms with van der Waals surface area (Å²) in [5.41, 5.74) is 0.633. The Morgan fingerprint density at radius 2 is 2.10 bits per heavy atom. The molecule has 0 unspecified atom stereocenters. The van der Waals surface area contributed by atoms with Crippen LogP contribution in [0.25, 0.3) is 6.08 Å². The number of carboxylic acids is 1. The maximum Gasteiger partial charge on any atom is 0.293 e. The number of para-hydroxylation sites is 1. The number of hydrogen-bond donors (Lipinski definition) is 0. The summed E-state index contributed by atoms with van der Waals surface area (Å²) in [6.07, 6.45) is 1.50. The number of rotatable bonds is 4. The number of carboxylic acid groups (broad SMARTS) is 1. The third-order valence-electron chi connectivity index (χ3n) is 2.59. The third kappa shape index (κ3) is 2.83. The van der Waals surface area contributed by atoms with Crippen LogP contribution in [0.3, 0.4) is 0 Å². The summed E-state index contributed by atoms with van der Waals surface area (Å²) in [6, 6.07) is 6.99. The van der Waals surface area contributed by atoms with E-state index < -0.39 is 23.7 Å². The van der Waals surface area contributed by atoms with E-state index in [-0.39, 0.29) is 4.91 Å².